The standard InChI is InChI=1S/C11H17N3/c1-4-9-7-13-6-5-10(9)11(12)14-8(2)3/h5-8H,4H2,1-3H3,(H2,12,14). The van der Waals surface area contributed by atoms with Crippen molar-refractivity contribution in [1.82, 2.24) is 4.98 Å². The lowest BCUT2D eigenvalue weighted by Gasteiger charge is -2.07. The highest BCUT2D eigenvalue weighted by atomic mass is 14.9. The van der Waals surface area contributed by atoms with Crippen LogP contribution in [0.5, 0.6) is 0 Å². The van der Waals surface area contributed by atoms with Crippen LogP contribution >= 0.6 is 0 Å². The van der Waals surface area contributed by atoms with E-state index in [2.05, 4.69) is 16.9 Å². The zero-order valence-corrected chi connectivity index (χ0v) is 8.99. The van der Waals surface area contributed by atoms with Crippen LogP contribution in [0.4, 0.5) is 0 Å². The predicted octanol–water partition coefficient (Wildman–Crippen LogP) is 1.76. The van der Waals surface area contributed by atoms with Crippen molar-refractivity contribution in [3.63, 3.8) is 0 Å². The minimum atomic E-state index is 0.230. The maximum Gasteiger partial charge on any atom is 0.126 e. The van der Waals surface area contributed by atoms with Crippen molar-refractivity contribution < 1.29 is 0 Å². The molecule has 0 saturated heterocycles. The molecule has 0 spiro atoms. The van der Waals surface area contributed by atoms with Crippen molar-refractivity contribution in [2.24, 2.45) is 10.7 Å². The molecule has 0 fully saturated rings. The summed E-state index contributed by atoms with van der Waals surface area (Å²) in [6, 6.07) is 2.15. The van der Waals surface area contributed by atoms with Crippen LogP contribution in [0.25, 0.3) is 0 Å². The average molecular weight is 191 g/mol. The van der Waals surface area contributed by atoms with Gasteiger partial charge in [0.2, 0.25) is 0 Å². The van der Waals surface area contributed by atoms with Gasteiger partial charge in [0.15, 0.2) is 0 Å². The third-order valence-corrected chi connectivity index (χ3v) is 1.96. The number of aromatic nitrogens is 1. The molecular formula is C11H17N3. The maximum atomic E-state index is 5.89. The first-order chi connectivity index (χ1) is 6.65. The number of amidine groups is 1. The molecule has 0 aliphatic rings. The molecule has 0 atom stereocenters. The lowest BCUT2D eigenvalue weighted by molar-refractivity contribution is 0.833. The van der Waals surface area contributed by atoms with E-state index in [1.165, 1.54) is 0 Å². The Morgan fingerprint density at radius 3 is 2.86 bits per heavy atom. The Hall–Kier alpha value is -1.38. The SMILES string of the molecule is CCc1cnccc1C(N)=NC(C)C. The number of hydrogen-bond acceptors (Lipinski definition) is 2. The van der Waals surface area contributed by atoms with E-state index in [-0.39, 0.29) is 6.04 Å². The molecule has 0 amide bonds. The summed E-state index contributed by atoms with van der Waals surface area (Å²) in [4.78, 5) is 8.39. The van der Waals surface area contributed by atoms with Crippen LogP contribution in [-0.2, 0) is 6.42 Å². The third-order valence-electron chi connectivity index (χ3n) is 1.96. The van der Waals surface area contributed by atoms with Crippen LogP contribution in [0.1, 0.15) is 31.9 Å². The number of hydrogen-bond donors (Lipinski definition) is 1. The molecule has 0 aliphatic carbocycles. The molecule has 0 bridgehead atoms. The van der Waals surface area contributed by atoms with Crippen LogP contribution in [0.15, 0.2) is 23.5 Å². The van der Waals surface area contributed by atoms with E-state index in [1.807, 2.05) is 26.1 Å². The Balaban J connectivity index is 3.05. The third kappa shape index (κ3) is 2.55. The summed E-state index contributed by atoms with van der Waals surface area (Å²) in [6.45, 7) is 6.11. The van der Waals surface area contributed by atoms with Gasteiger partial charge in [-0.25, -0.2) is 0 Å². The van der Waals surface area contributed by atoms with E-state index < -0.39 is 0 Å². The molecule has 0 saturated carbocycles. The average Bonchev–Trinajstić information content (AvgIpc) is 2.16. The molecule has 76 valence electrons. The topological polar surface area (TPSA) is 51.3 Å². The fourth-order valence-corrected chi connectivity index (χ4v) is 1.31. The van der Waals surface area contributed by atoms with Crippen molar-refractivity contribution in [3.05, 3.63) is 29.6 Å². The largest absolute Gasteiger partial charge is 0.383 e. The molecule has 3 nitrogen and oxygen atoms in total. The van der Waals surface area contributed by atoms with Crippen molar-refractivity contribution in [2.45, 2.75) is 33.2 Å². The van der Waals surface area contributed by atoms with Crippen molar-refractivity contribution in [3.8, 4) is 0 Å². The molecule has 1 rings (SSSR count). The molecule has 2 N–H and O–H groups in total. The highest BCUT2D eigenvalue weighted by molar-refractivity contribution is 5.98. The predicted molar refractivity (Wildman–Crippen MR) is 59.5 cm³/mol. The summed E-state index contributed by atoms with van der Waals surface area (Å²) >= 11 is 0. The summed E-state index contributed by atoms with van der Waals surface area (Å²) < 4.78 is 0. The van der Waals surface area contributed by atoms with E-state index in [0.717, 1.165) is 17.5 Å². The van der Waals surface area contributed by atoms with Crippen LogP contribution in [0, 0.1) is 0 Å². The number of aryl methyl sites for hydroxylation is 1. The molecule has 0 radical (unpaired) electrons. The van der Waals surface area contributed by atoms with Gasteiger partial charge in [0.1, 0.15) is 5.84 Å². The quantitative estimate of drug-likeness (QED) is 0.584. The van der Waals surface area contributed by atoms with Crippen LogP contribution in [0.3, 0.4) is 0 Å². The number of nitrogens with zero attached hydrogens (tertiary/aromatic N) is 2. The van der Waals surface area contributed by atoms with Gasteiger partial charge in [0.05, 0.1) is 0 Å². The second kappa shape index (κ2) is 4.74. The van der Waals surface area contributed by atoms with Gasteiger partial charge in [-0.1, -0.05) is 6.92 Å². The Kier molecular flexibility index (Phi) is 3.63. The van der Waals surface area contributed by atoms with Gasteiger partial charge in [0.25, 0.3) is 0 Å². The van der Waals surface area contributed by atoms with Crippen LogP contribution < -0.4 is 5.73 Å². The monoisotopic (exact) mass is 191 g/mol. The molecule has 0 aliphatic heterocycles. The number of pyridine rings is 1. The van der Waals surface area contributed by atoms with Gasteiger partial charge < -0.3 is 5.73 Å². The molecule has 0 aromatic carbocycles. The summed E-state index contributed by atoms with van der Waals surface area (Å²) in [5, 5.41) is 0. The molecule has 1 aromatic heterocycles. The zero-order chi connectivity index (χ0) is 10.6. The van der Waals surface area contributed by atoms with Gasteiger partial charge in [-0.2, -0.15) is 0 Å². The van der Waals surface area contributed by atoms with Crippen LogP contribution in [-0.4, -0.2) is 16.9 Å². The van der Waals surface area contributed by atoms with Gasteiger partial charge in [0, 0.05) is 24.0 Å². The summed E-state index contributed by atoms with van der Waals surface area (Å²) in [6.07, 6.45) is 4.52. The van der Waals surface area contributed by atoms with Gasteiger partial charge in [-0.3, -0.25) is 9.98 Å². The van der Waals surface area contributed by atoms with Gasteiger partial charge >= 0.3 is 0 Å². The van der Waals surface area contributed by atoms with E-state index in [4.69, 9.17) is 5.73 Å². The van der Waals surface area contributed by atoms with E-state index in [1.54, 1.807) is 6.20 Å². The number of aliphatic imine (C=N–C) groups is 1. The molecule has 1 aromatic rings. The first-order valence-corrected chi connectivity index (χ1v) is 4.91. The molecular weight excluding hydrogens is 174 g/mol. The van der Waals surface area contributed by atoms with E-state index in [9.17, 15) is 0 Å². The first kappa shape index (κ1) is 10.7. The summed E-state index contributed by atoms with van der Waals surface area (Å²) in [5.74, 6) is 0.610. The molecule has 14 heavy (non-hydrogen) atoms. The van der Waals surface area contributed by atoms with Crippen molar-refractivity contribution in [2.75, 3.05) is 0 Å². The zero-order valence-electron chi connectivity index (χ0n) is 8.99. The Morgan fingerprint density at radius 2 is 2.29 bits per heavy atom. The molecule has 3 heteroatoms. The van der Waals surface area contributed by atoms with E-state index in [0.29, 0.717) is 5.84 Å². The maximum absolute atomic E-state index is 5.89. The second-order valence-electron chi connectivity index (χ2n) is 3.49. The van der Waals surface area contributed by atoms with Gasteiger partial charge in [-0.15, -0.1) is 0 Å². The van der Waals surface area contributed by atoms with E-state index >= 15 is 0 Å². The lowest BCUT2D eigenvalue weighted by Crippen LogP contribution is -2.17. The minimum absolute atomic E-state index is 0.230. The minimum Gasteiger partial charge on any atom is -0.383 e. The fraction of sp³-hybridized carbons (Fsp3) is 0.455. The van der Waals surface area contributed by atoms with Crippen LogP contribution in [0.2, 0.25) is 0 Å². The normalized spacial score (nSPS) is 12.1. The first-order valence-electron chi connectivity index (χ1n) is 4.91. The van der Waals surface area contributed by atoms with Gasteiger partial charge in [-0.05, 0) is 31.9 Å². The Bertz CT molecular complexity index is 329. The number of nitrogens with two attached hydrogens (primary N) is 1. The van der Waals surface area contributed by atoms with Crippen molar-refractivity contribution in [1.29, 1.82) is 0 Å². The Labute approximate surface area is 85.1 Å². The Morgan fingerprint density at radius 1 is 1.57 bits per heavy atom. The summed E-state index contributed by atoms with van der Waals surface area (Å²) in [5.41, 5.74) is 8.05. The highest BCUT2D eigenvalue weighted by Crippen LogP contribution is 2.07. The second-order valence-corrected chi connectivity index (χ2v) is 3.49. The molecule has 0 unspecified atom stereocenters. The van der Waals surface area contributed by atoms with Crippen molar-refractivity contribution >= 4 is 5.84 Å². The lowest BCUT2D eigenvalue weighted by atomic mass is 10.1. The summed E-state index contributed by atoms with van der Waals surface area (Å²) in [7, 11) is 0. The fourth-order valence-electron chi connectivity index (χ4n) is 1.31. The highest BCUT2D eigenvalue weighted by Gasteiger charge is 2.04. The smallest absolute Gasteiger partial charge is 0.126 e. The number of rotatable bonds is 3. The molecule has 1 heterocycles.